The predicted molar refractivity (Wildman–Crippen MR) is 126 cm³/mol. The zero-order valence-electron chi connectivity index (χ0n) is 20.3. The molecule has 11 heteroatoms. The normalized spacial score (nSPS) is 30.5. The fourth-order valence-electron chi connectivity index (χ4n) is 4.63. The molecule has 1 aliphatic heterocycles. The van der Waals surface area contributed by atoms with Gasteiger partial charge in [0.1, 0.15) is 0 Å². The average molecular weight is 532 g/mol. The molecule has 1 amide bonds. The molecule has 1 saturated heterocycles. The number of amides is 1. The predicted octanol–water partition coefficient (Wildman–Crippen LogP) is 4.55. The van der Waals surface area contributed by atoms with E-state index in [0.717, 1.165) is 12.3 Å². The third kappa shape index (κ3) is 5.28. The SMILES string of the molecule is CC=C1/C(=C\C2=CC(C)(F)C2(O)C(F)(F)F)CC[C@H](OS(C)(=O)=O)CN1C(=O)[C@@H](C)c1ccccc1. The Morgan fingerprint density at radius 3 is 2.39 bits per heavy atom. The molecule has 2 unspecified atom stereocenters. The van der Waals surface area contributed by atoms with Gasteiger partial charge in [0, 0.05) is 5.70 Å². The fourth-order valence-corrected chi connectivity index (χ4v) is 5.28. The third-order valence-corrected chi connectivity index (χ3v) is 7.18. The molecular weight excluding hydrogens is 502 g/mol. The van der Waals surface area contributed by atoms with Gasteiger partial charge in [0.15, 0.2) is 5.67 Å². The first-order chi connectivity index (χ1) is 16.5. The van der Waals surface area contributed by atoms with Crippen molar-refractivity contribution in [3.8, 4) is 0 Å². The summed E-state index contributed by atoms with van der Waals surface area (Å²) in [6.45, 7) is 3.72. The lowest BCUT2D eigenvalue weighted by atomic mass is 9.67. The molecule has 2 aliphatic rings. The van der Waals surface area contributed by atoms with Gasteiger partial charge in [-0.2, -0.15) is 21.6 Å². The van der Waals surface area contributed by atoms with Crippen LogP contribution in [0.5, 0.6) is 0 Å². The van der Waals surface area contributed by atoms with Crippen molar-refractivity contribution in [2.24, 2.45) is 0 Å². The summed E-state index contributed by atoms with van der Waals surface area (Å²) in [5, 5.41) is 10.3. The molecule has 0 saturated carbocycles. The van der Waals surface area contributed by atoms with E-state index in [2.05, 4.69) is 0 Å². The van der Waals surface area contributed by atoms with Gasteiger partial charge in [-0.1, -0.05) is 42.5 Å². The van der Waals surface area contributed by atoms with E-state index in [9.17, 15) is 35.9 Å². The molecule has 36 heavy (non-hydrogen) atoms. The van der Waals surface area contributed by atoms with Crippen molar-refractivity contribution in [1.82, 2.24) is 4.90 Å². The average Bonchev–Trinajstić information content (AvgIpc) is 2.94. The summed E-state index contributed by atoms with van der Waals surface area (Å²) >= 11 is 0. The highest BCUT2D eigenvalue weighted by atomic mass is 32.2. The summed E-state index contributed by atoms with van der Waals surface area (Å²) in [6.07, 6.45) is -2.05. The molecule has 1 aromatic rings. The van der Waals surface area contributed by atoms with Gasteiger partial charge in [-0.25, -0.2) is 4.39 Å². The molecule has 6 nitrogen and oxygen atoms in total. The number of allylic oxidation sites excluding steroid dienone is 2. The summed E-state index contributed by atoms with van der Waals surface area (Å²) in [5.74, 6) is -1.09. The lowest BCUT2D eigenvalue weighted by Gasteiger charge is -2.47. The zero-order chi connectivity index (χ0) is 27.1. The number of aliphatic hydroxyl groups is 1. The Balaban J connectivity index is 2.07. The first-order valence-corrected chi connectivity index (χ1v) is 13.2. The van der Waals surface area contributed by atoms with Crippen LogP contribution in [0, 0.1) is 0 Å². The molecule has 0 spiro atoms. The van der Waals surface area contributed by atoms with Crippen LogP contribution in [-0.4, -0.2) is 60.7 Å². The second-order valence-electron chi connectivity index (χ2n) is 9.27. The van der Waals surface area contributed by atoms with Crippen LogP contribution in [0.15, 0.2) is 65.4 Å². The van der Waals surface area contributed by atoms with Crippen LogP contribution in [0.4, 0.5) is 17.6 Å². The highest BCUT2D eigenvalue weighted by Gasteiger charge is 2.71. The molecule has 1 heterocycles. The van der Waals surface area contributed by atoms with E-state index in [1.807, 2.05) is 0 Å². The molecule has 1 N–H and O–H groups in total. The van der Waals surface area contributed by atoms with Crippen LogP contribution in [0.1, 0.15) is 45.1 Å². The third-order valence-electron chi connectivity index (χ3n) is 6.55. The van der Waals surface area contributed by atoms with Gasteiger partial charge in [0.25, 0.3) is 10.1 Å². The summed E-state index contributed by atoms with van der Waals surface area (Å²) in [7, 11) is -3.90. The van der Waals surface area contributed by atoms with Crippen LogP contribution < -0.4 is 0 Å². The fraction of sp³-hybridized carbons (Fsp3) is 0.480. The number of hydrogen-bond acceptors (Lipinski definition) is 5. The Morgan fingerprint density at radius 2 is 1.89 bits per heavy atom. The van der Waals surface area contributed by atoms with Crippen LogP contribution in [-0.2, 0) is 19.1 Å². The maximum absolute atomic E-state index is 14.5. The van der Waals surface area contributed by atoms with Gasteiger partial charge in [-0.05, 0) is 56.4 Å². The van der Waals surface area contributed by atoms with E-state index in [0.29, 0.717) is 18.6 Å². The summed E-state index contributed by atoms with van der Waals surface area (Å²) < 4.78 is 84.3. The van der Waals surface area contributed by atoms with Crippen molar-refractivity contribution in [3.63, 3.8) is 0 Å². The van der Waals surface area contributed by atoms with Gasteiger partial charge in [0.05, 0.1) is 24.8 Å². The zero-order valence-corrected chi connectivity index (χ0v) is 21.2. The molecule has 0 radical (unpaired) electrons. The van der Waals surface area contributed by atoms with Gasteiger partial charge >= 0.3 is 6.18 Å². The van der Waals surface area contributed by atoms with Crippen molar-refractivity contribution in [2.75, 3.05) is 12.8 Å². The number of hydrogen-bond donors (Lipinski definition) is 1. The summed E-state index contributed by atoms with van der Waals surface area (Å²) in [5.41, 5.74) is -6.28. The lowest BCUT2D eigenvalue weighted by Crippen LogP contribution is -2.65. The number of carbonyl (C=O) groups excluding carboxylic acids is 1. The summed E-state index contributed by atoms with van der Waals surface area (Å²) in [6, 6.07) is 8.80. The minimum absolute atomic E-state index is 0.0254. The Hall–Kier alpha value is -2.50. The molecule has 1 aliphatic carbocycles. The lowest BCUT2D eigenvalue weighted by molar-refractivity contribution is -0.285. The maximum atomic E-state index is 14.5. The second-order valence-corrected chi connectivity index (χ2v) is 10.9. The van der Waals surface area contributed by atoms with Crippen molar-refractivity contribution < 1.29 is 40.1 Å². The van der Waals surface area contributed by atoms with Crippen LogP contribution in [0.3, 0.4) is 0 Å². The molecule has 0 bridgehead atoms. The number of nitrogens with zero attached hydrogens (tertiary/aromatic N) is 1. The van der Waals surface area contributed by atoms with E-state index >= 15 is 0 Å². The molecule has 0 aromatic heterocycles. The van der Waals surface area contributed by atoms with Crippen molar-refractivity contribution in [1.29, 1.82) is 0 Å². The molecule has 3 rings (SSSR count). The first kappa shape index (κ1) is 28.1. The van der Waals surface area contributed by atoms with E-state index < -0.39 is 51.1 Å². The number of carbonyl (C=O) groups is 1. The van der Waals surface area contributed by atoms with E-state index in [1.165, 1.54) is 11.0 Å². The standard InChI is InChI=1S/C25H29F4NO5S/c1-5-21-18(13-19-14-23(3,26)24(19,32)25(27,28)29)11-12-20(35-36(4,33)34)15-30(21)22(31)16(2)17-9-7-6-8-10-17/h5-10,13-14,16,20,32H,11-12,15H2,1-4H3/b18-13-,21-5?/t16-,20-,23?,24?/m0/s1. The van der Waals surface area contributed by atoms with Gasteiger partial charge in [0.2, 0.25) is 11.5 Å². The second kappa shape index (κ2) is 9.75. The number of rotatable bonds is 5. The quantitative estimate of drug-likeness (QED) is 0.445. The van der Waals surface area contributed by atoms with Gasteiger partial charge in [-0.15, -0.1) is 0 Å². The van der Waals surface area contributed by atoms with Crippen molar-refractivity contribution >= 4 is 16.0 Å². The Morgan fingerprint density at radius 1 is 1.28 bits per heavy atom. The minimum Gasteiger partial charge on any atom is -0.374 e. The summed E-state index contributed by atoms with van der Waals surface area (Å²) in [4.78, 5) is 14.9. The number of alkyl halides is 4. The molecule has 1 aromatic carbocycles. The van der Waals surface area contributed by atoms with Crippen molar-refractivity contribution in [2.45, 2.75) is 63.1 Å². The van der Waals surface area contributed by atoms with Gasteiger partial charge in [-0.3, -0.25) is 8.98 Å². The minimum atomic E-state index is -5.28. The highest BCUT2D eigenvalue weighted by Crippen LogP contribution is 2.54. The van der Waals surface area contributed by atoms with Crippen LogP contribution >= 0.6 is 0 Å². The van der Waals surface area contributed by atoms with Gasteiger partial charge < -0.3 is 10.0 Å². The Kier molecular flexibility index (Phi) is 7.61. The Bertz CT molecular complexity index is 1200. The topological polar surface area (TPSA) is 83.9 Å². The highest BCUT2D eigenvalue weighted by molar-refractivity contribution is 7.86. The smallest absolute Gasteiger partial charge is 0.374 e. The van der Waals surface area contributed by atoms with E-state index in [4.69, 9.17) is 4.18 Å². The first-order valence-electron chi connectivity index (χ1n) is 11.3. The molecular formula is C25H29F4NO5S. The number of halogens is 4. The molecule has 1 fully saturated rings. The monoisotopic (exact) mass is 531 g/mol. The van der Waals surface area contributed by atoms with Crippen LogP contribution in [0.25, 0.3) is 0 Å². The van der Waals surface area contributed by atoms with E-state index in [1.54, 1.807) is 44.2 Å². The van der Waals surface area contributed by atoms with Crippen molar-refractivity contribution in [3.05, 3.63) is 71.0 Å². The number of benzene rings is 1. The molecule has 4 atom stereocenters. The largest absolute Gasteiger partial charge is 0.424 e. The van der Waals surface area contributed by atoms with E-state index in [-0.39, 0.29) is 30.7 Å². The Labute approximate surface area is 208 Å². The maximum Gasteiger partial charge on any atom is 0.424 e. The van der Waals surface area contributed by atoms with Crippen LogP contribution in [0.2, 0.25) is 0 Å². The number of likely N-dealkylation sites (tertiary alicyclic amines) is 1. The molecule has 198 valence electrons.